The molecule has 0 spiro atoms. The average Bonchev–Trinajstić information content (AvgIpc) is 2.90. The van der Waals surface area contributed by atoms with Gasteiger partial charge < -0.3 is 9.47 Å². The predicted molar refractivity (Wildman–Crippen MR) is 113 cm³/mol. The van der Waals surface area contributed by atoms with E-state index in [0.29, 0.717) is 10.0 Å². The topological polar surface area (TPSA) is 8.17 Å². The second kappa shape index (κ2) is 6.94. The molecule has 0 saturated carbocycles. The summed E-state index contributed by atoms with van der Waals surface area (Å²) in [6, 6.07) is 11.9. The molecule has 0 saturated heterocycles. The molecule has 26 heavy (non-hydrogen) atoms. The average molecular weight is 406 g/mol. The molecule has 4 rings (SSSR count). The van der Waals surface area contributed by atoms with E-state index in [0.717, 1.165) is 35.7 Å². The summed E-state index contributed by atoms with van der Waals surface area (Å²) in [4.78, 5) is 2.35. The van der Waals surface area contributed by atoms with Gasteiger partial charge in [0.1, 0.15) is 0 Å². The molecular weight excluding hydrogens is 387 g/mol. The van der Waals surface area contributed by atoms with Crippen molar-refractivity contribution in [2.75, 3.05) is 13.6 Å². The van der Waals surface area contributed by atoms with Crippen LogP contribution in [-0.2, 0) is 13.0 Å². The third kappa shape index (κ3) is 3.16. The minimum atomic E-state index is 0.574. The minimum absolute atomic E-state index is 0.574. The van der Waals surface area contributed by atoms with Crippen LogP contribution in [0.2, 0.25) is 15.1 Å². The van der Waals surface area contributed by atoms with Crippen molar-refractivity contribution in [2.24, 2.45) is 0 Å². The van der Waals surface area contributed by atoms with E-state index in [2.05, 4.69) is 41.8 Å². The molecule has 5 heteroatoms. The molecule has 2 heterocycles. The van der Waals surface area contributed by atoms with Crippen molar-refractivity contribution in [3.05, 3.63) is 68.3 Å². The van der Waals surface area contributed by atoms with Crippen molar-refractivity contribution in [3.63, 3.8) is 0 Å². The van der Waals surface area contributed by atoms with Crippen LogP contribution >= 0.6 is 34.8 Å². The maximum Gasteiger partial charge on any atom is 0.0598 e. The Morgan fingerprint density at radius 3 is 2.62 bits per heavy atom. The molecular formula is C21H19Cl3N2. The van der Waals surface area contributed by atoms with Gasteiger partial charge >= 0.3 is 0 Å². The zero-order valence-corrected chi connectivity index (χ0v) is 17.0. The molecule has 2 nitrogen and oxygen atoms in total. The Bertz CT molecular complexity index is 1030. The summed E-state index contributed by atoms with van der Waals surface area (Å²) in [6.07, 6.45) is 3.21. The van der Waals surface area contributed by atoms with Gasteiger partial charge in [-0.1, -0.05) is 40.9 Å². The lowest BCUT2D eigenvalue weighted by molar-refractivity contribution is 0.312. The summed E-state index contributed by atoms with van der Waals surface area (Å²) in [5, 5.41) is 3.16. The Kier molecular flexibility index (Phi) is 4.79. The van der Waals surface area contributed by atoms with Crippen LogP contribution in [0.1, 0.15) is 23.7 Å². The first-order chi connectivity index (χ1) is 12.4. The van der Waals surface area contributed by atoms with E-state index in [1.165, 1.54) is 22.2 Å². The van der Waals surface area contributed by atoms with Crippen LogP contribution in [0.25, 0.3) is 22.7 Å². The molecule has 1 aromatic heterocycles. The number of hydrogen-bond donors (Lipinski definition) is 0. The summed E-state index contributed by atoms with van der Waals surface area (Å²) in [5.74, 6) is 0. The van der Waals surface area contributed by atoms with Crippen LogP contribution in [0.5, 0.6) is 0 Å². The third-order valence-corrected chi connectivity index (χ3v) is 6.01. The second-order valence-corrected chi connectivity index (χ2v) is 8.14. The second-order valence-electron chi connectivity index (χ2n) is 6.89. The number of aromatic nitrogens is 1. The normalized spacial score (nSPS) is 15.5. The quantitative estimate of drug-likeness (QED) is 0.466. The summed E-state index contributed by atoms with van der Waals surface area (Å²) < 4.78 is 2.31. The van der Waals surface area contributed by atoms with Gasteiger partial charge in [0.05, 0.1) is 15.6 Å². The molecule has 0 bridgehead atoms. The fourth-order valence-electron chi connectivity index (χ4n) is 3.66. The largest absolute Gasteiger partial charge is 0.320 e. The van der Waals surface area contributed by atoms with Crippen LogP contribution in [-0.4, -0.2) is 23.1 Å². The standard InChI is InChI=1S/C21H19Cl3N2/c1-13(14-3-5-18(23)19(24)9-14)11-26-20-6-4-15(22)10-16(20)17-12-25(2)8-7-21(17)26/h3-6,9-11H,7-8,12H2,1-2H3. The summed E-state index contributed by atoms with van der Waals surface area (Å²) in [5.41, 5.74) is 6.12. The molecule has 3 aromatic rings. The SMILES string of the molecule is CC(=Cn1c2c(c3cc(Cl)ccc31)CN(C)CC2)c1ccc(Cl)c(Cl)c1. The minimum Gasteiger partial charge on any atom is -0.320 e. The molecule has 0 amide bonds. The molecule has 0 unspecified atom stereocenters. The molecule has 1 aliphatic heterocycles. The van der Waals surface area contributed by atoms with Crippen LogP contribution in [0.15, 0.2) is 36.4 Å². The highest BCUT2D eigenvalue weighted by Crippen LogP contribution is 2.34. The van der Waals surface area contributed by atoms with Gasteiger partial charge in [0.25, 0.3) is 0 Å². The number of halogens is 3. The Balaban J connectivity index is 1.89. The molecule has 0 N–H and O–H groups in total. The Hall–Kier alpha value is -1.45. The van der Waals surface area contributed by atoms with Gasteiger partial charge in [-0.2, -0.15) is 0 Å². The van der Waals surface area contributed by atoms with Gasteiger partial charge in [-0.3, -0.25) is 0 Å². The van der Waals surface area contributed by atoms with E-state index in [-0.39, 0.29) is 0 Å². The number of hydrogen-bond acceptors (Lipinski definition) is 1. The first-order valence-electron chi connectivity index (χ1n) is 8.57. The Morgan fingerprint density at radius 1 is 1.04 bits per heavy atom. The molecule has 1 aliphatic rings. The lowest BCUT2D eigenvalue weighted by Crippen LogP contribution is -2.26. The number of allylic oxidation sites excluding steroid dienone is 1. The third-order valence-electron chi connectivity index (χ3n) is 5.04. The van der Waals surface area contributed by atoms with E-state index in [1.54, 1.807) is 0 Å². The maximum absolute atomic E-state index is 6.28. The first-order valence-corrected chi connectivity index (χ1v) is 9.71. The maximum atomic E-state index is 6.28. The highest BCUT2D eigenvalue weighted by Gasteiger charge is 2.22. The fourth-order valence-corrected chi connectivity index (χ4v) is 4.13. The van der Waals surface area contributed by atoms with E-state index in [1.807, 2.05) is 24.3 Å². The molecule has 0 radical (unpaired) electrons. The lowest BCUT2D eigenvalue weighted by Gasteiger charge is -2.23. The number of fused-ring (bicyclic) bond motifs is 3. The summed E-state index contributed by atoms with van der Waals surface area (Å²) >= 11 is 18.5. The molecule has 134 valence electrons. The van der Waals surface area contributed by atoms with Crippen LogP contribution in [0, 0.1) is 0 Å². The van der Waals surface area contributed by atoms with Gasteiger partial charge in [-0.25, -0.2) is 0 Å². The summed E-state index contributed by atoms with van der Waals surface area (Å²) in [7, 11) is 2.16. The van der Waals surface area contributed by atoms with Crippen molar-refractivity contribution in [1.29, 1.82) is 0 Å². The summed E-state index contributed by atoms with van der Waals surface area (Å²) in [6.45, 7) is 4.10. The van der Waals surface area contributed by atoms with Gasteiger partial charge in [0, 0.05) is 41.8 Å². The van der Waals surface area contributed by atoms with E-state index in [9.17, 15) is 0 Å². The predicted octanol–water partition coefficient (Wildman–Crippen LogP) is 6.61. The van der Waals surface area contributed by atoms with Gasteiger partial charge in [-0.15, -0.1) is 0 Å². The van der Waals surface area contributed by atoms with Crippen molar-refractivity contribution in [3.8, 4) is 0 Å². The monoisotopic (exact) mass is 404 g/mol. The smallest absolute Gasteiger partial charge is 0.0598 e. The number of rotatable bonds is 2. The number of benzene rings is 2. The molecule has 0 fully saturated rings. The van der Waals surface area contributed by atoms with Crippen LogP contribution in [0.4, 0.5) is 0 Å². The molecule has 0 aliphatic carbocycles. The van der Waals surface area contributed by atoms with Crippen molar-refractivity contribution < 1.29 is 0 Å². The van der Waals surface area contributed by atoms with Gasteiger partial charge in [0.2, 0.25) is 0 Å². The number of likely N-dealkylation sites (N-methyl/N-ethyl adjacent to an activating group) is 1. The first kappa shape index (κ1) is 17.9. The highest BCUT2D eigenvalue weighted by molar-refractivity contribution is 6.42. The van der Waals surface area contributed by atoms with E-state index in [4.69, 9.17) is 34.8 Å². The lowest BCUT2D eigenvalue weighted by atomic mass is 10.1. The zero-order chi connectivity index (χ0) is 18.4. The van der Waals surface area contributed by atoms with Crippen molar-refractivity contribution in [2.45, 2.75) is 19.9 Å². The highest BCUT2D eigenvalue weighted by atomic mass is 35.5. The zero-order valence-electron chi connectivity index (χ0n) is 14.7. The van der Waals surface area contributed by atoms with Crippen molar-refractivity contribution in [1.82, 2.24) is 9.47 Å². The van der Waals surface area contributed by atoms with Crippen LogP contribution in [0.3, 0.4) is 0 Å². The Labute approximate surface area is 168 Å². The van der Waals surface area contributed by atoms with Crippen molar-refractivity contribution >= 4 is 57.5 Å². The Morgan fingerprint density at radius 2 is 1.85 bits per heavy atom. The molecule has 2 aromatic carbocycles. The van der Waals surface area contributed by atoms with E-state index >= 15 is 0 Å². The number of nitrogens with zero attached hydrogens (tertiary/aromatic N) is 2. The van der Waals surface area contributed by atoms with Gasteiger partial charge in [0.15, 0.2) is 0 Å². The molecule has 0 atom stereocenters. The van der Waals surface area contributed by atoms with Crippen LogP contribution < -0.4 is 0 Å². The fraction of sp³-hybridized carbons (Fsp3) is 0.238. The van der Waals surface area contributed by atoms with Gasteiger partial charge in [-0.05, 0) is 61.0 Å². The van der Waals surface area contributed by atoms with E-state index < -0.39 is 0 Å².